The SMILES string of the molecule is CC(C)(C)C(NC(=O)C1CC2C=CC1C2)C(=O)O. The molecule has 2 aliphatic rings. The molecule has 0 saturated heterocycles. The Kier molecular flexibility index (Phi) is 3.21. The second kappa shape index (κ2) is 4.41. The number of hydrogen-bond donors (Lipinski definition) is 2. The summed E-state index contributed by atoms with van der Waals surface area (Å²) in [6, 6.07) is -0.826. The fraction of sp³-hybridized carbons (Fsp3) is 0.714. The van der Waals surface area contributed by atoms with Crippen LogP contribution >= 0.6 is 0 Å². The van der Waals surface area contributed by atoms with Crippen molar-refractivity contribution in [2.24, 2.45) is 23.2 Å². The van der Waals surface area contributed by atoms with E-state index < -0.39 is 17.4 Å². The Labute approximate surface area is 107 Å². The molecule has 1 fully saturated rings. The number of amides is 1. The van der Waals surface area contributed by atoms with Crippen LogP contribution in [-0.2, 0) is 9.59 Å². The maximum Gasteiger partial charge on any atom is 0.326 e. The van der Waals surface area contributed by atoms with Gasteiger partial charge in [0.25, 0.3) is 0 Å². The molecule has 0 radical (unpaired) electrons. The number of aliphatic carboxylic acids is 1. The molecule has 4 heteroatoms. The van der Waals surface area contributed by atoms with Crippen molar-refractivity contribution < 1.29 is 14.7 Å². The predicted octanol–water partition coefficient (Wildman–Crippen LogP) is 1.81. The van der Waals surface area contributed by atoms with Gasteiger partial charge in [0, 0.05) is 5.92 Å². The molecule has 100 valence electrons. The van der Waals surface area contributed by atoms with Crippen molar-refractivity contribution in [2.75, 3.05) is 0 Å². The van der Waals surface area contributed by atoms with Crippen LogP contribution in [0.4, 0.5) is 0 Å². The van der Waals surface area contributed by atoms with Crippen LogP contribution in [0.5, 0.6) is 0 Å². The molecule has 0 aromatic rings. The lowest BCUT2D eigenvalue weighted by Gasteiger charge is -2.29. The molecule has 1 amide bonds. The van der Waals surface area contributed by atoms with Crippen LogP contribution in [0.25, 0.3) is 0 Å². The first-order chi connectivity index (χ1) is 8.29. The molecule has 18 heavy (non-hydrogen) atoms. The second-order valence-electron chi connectivity index (χ2n) is 6.53. The van der Waals surface area contributed by atoms with E-state index in [0.717, 1.165) is 12.8 Å². The van der Waals surface area contributed by atoms with Gasteiger partial charge in [0.1, 0.15) is 6.04 Å². The van der Waals surface area contributed by atoms with Crippen molar-refractivity contribution in [3.8, 4) is 0 Å². The average molecular weight is 251 g/mol. The van der Waals surface area contributed by atoms with Crippen LogP contribution in [0, 0.1) is 23.2 Å². The highest BCUT2D eigenvalue weighted by Crippen LogP contribution is 2.43. The first-order valence-corrected chi connectivity index (χ1v) is 6.50. The van der Waals surface area contributed by atoms with Gasteiger partial charge in [0.2, 0.25) is 5.91 Å². The molecule has 2 aliphatic carbocycles. The fourth-order valence-electron chi connectivity index (χ4n) is 2.98. The van der Waals surface area contributed by atoms with E-state index in [-0.39, 0.29) is 11.8 Å². The summed E-state index contributed by atoms with van der Waals surface area (Å²) in [4.78, 5) is 23.4. The zero-order chi connectivity index (χ0) is 13.5. The van der Waals surface area contributed by atoms with Gasteiger partial charge in [-0.25, -0.2) is 4.79 Å². The average Bonchev–Trinajstić information content (AvgIpc) is 2.84. The Morgan fingerprint density at radius 1 is 1.28 bits per heavy atom. The van der Waals surface area contributed by atoms with Gasteiger partial charge >= 0.3 is 5.97 Å². The van der Waals surface area contributed by atoms with E-state index in [1.807, 2.05) is 20.8 Å². The third-order valence-electron chi connectivity index (χ3n) is 4.02. The van der Waals surface area contributed by atoms with Gasteiger partial charge in [-0.1, -0.05) is 32.9 Å². The number of nitrogens with one attached hydrogen (secondary N) is 1. The minimum absolute atomic E-state index is 0.0378. The first-order valence-electron chi connectivity index (χ1n) is 6.50. The lowest BCUT2D eigenvalue weighted by molar-refractivity contribution is -0.145. The number of carboxylic acid groups (broad SMARTS) is 1. The summed E-state index contributed by atoms with van der Waals surface area (Å²) in [5.41, 5.74) is -0.477. The van der Waals surface area contributed by atoms with Gasteiger partial charge in [0.05, 0.1) is 0 Å². The Morgan fingerprint density at radius 3 is 2.33 bits per heavy atom. The molecule has 2 rings (SSSR count). The summed E-state index contributed by atoms with van der Waals surface area (Å²) < 4.78 is 0. The van der Waals surface area contributed by atoms with Crippen LogP contribution in [-0.4, -0.2) is 23.0 Å². The molecule has 0 aliphatic heterocycles. The molecule has 2 N–H and O–H groups in total. The van der Waals surface area contributed by atoms with Crippen molar-refractivity contribution in [1.82, 2.24) is 5.32 Å². The fourth-order valence-corrected chi connectivity index (χ4v) is 2.98. The summed E-state index contributed by atoms with van der Waals surface area (Å²) >= 11 is 0. The monoisotopic (exact) mass is 251 g/mol. The molecule has 0 spiro atoms. The highest BCUT2D eigenvalue weighted by molar-refractivity contribution is 5.86. The molecule has 2 bridgehead atoms. The molecule has 1 saturated carbocycles. The highest BCUT2D eigenvalue weighted by Gasteiger charge is 2.42. The van der Waals surface area contributed by atoms with Crippen molar-refractivity contribution >= 4 is 11.9 Å². The van der Waals surface area contributed by atoms with Crippen molar-refractivity contribution in [1.29, 1.82) is 0 Å². The Morgan fingerprint density at radius 2 is 1.94 bits per heavy atom. The van der Waals surface area contributed by atoms with Crippen LogP contribution in [0.1, 0.15) is 33.6 Å². The van der Waals surface area contributed by atoms with E-state index in [4.69, 9.17) is 0 Å². The number of fused-ring (bicyclic) bond motifs is 2. The van der Waals surface area contributed by atoms with E-state index >= 15 is 0 Å². The van der Waals surface area contributed by atoms with Crippen LogP contribution in [0.15, 0.2) is 12.2 Å². The molecular formula is C14H21NO3. The van der Waals surface area contributed by atoms with Gasteiger partial charge in [-0.05, 0) is 30.1 Å². The summed E-state index contributed by atoms with van der Waals surface area (Å²) in [5, 5.41) is 11.9. The molecule has 0 aromatic carbocycles. The molecule has 0 heterocycles. The van der Waals surface area contributed by atoms with Crippen molar-refractivity contribution in [2.45, 2.75) is 39.7 Å². The van der Waals surface area contributed by atoms with Gasteiger partial charge in [-0.3, -0.25) is 4.79 Å². The van der Waals surface area contributed by atoms with E-state index in [1.54, 1.807) is 0 Å². The van der Waals surface area contributed by atoms with E-state index in [1.165, 1.54) is 0 Å². The maximum atomic E-state index is 12.2. The van der Waals surface area contributed by atoms with Crippen LogP contribution in [0.3, 0.4) is 0 Å². The lowest BCUT2D eigenvalue weighted by Crippen LogP contribution is -2.51. The van der Waals surface area contributed by atoms with Gasteiger partial charge in [-0.2, -0.15) is 0 Å². The van der Waals surface area contributed by atoms with E-state index in [0.29, 0.717) is 11.8 Å². The first kappa shape index (κ1) is 13.1. The minimum Gasteiger partial charge on any atom is -0.480 e. The van der Waals surface area contributed by atoms with Crippen LogP contribution in [0.2, 0.25) is 0 Å². The molecule has 4 unspecified atom stereocenters. The zero-order valence-electron chi connectivity index (χ0n) is 11.1. The van der Waals surface area contributed by atoms with Gasteiger partial charge < -0.3 is 10.4 Å². The normalized spacial score (nSPS) is 31.4. The Balaban J connectivity index is 2.02. The standard InChI is InChI=1S/C14H21NO3/c1-14(2,3)11(13(17)18)15-12(16)10-7-8-4-5-9(10)6-8/h4-5,8-11H,6-7H2,1-3H3,(H,15,16)(H,17,18). The molecule has 4 atom stereocenters. The third kappa shape index (κ3) is 2.42. The Bertz CT molecular complexity index is 394. The topological polar surface area (TPSA) is 66.4 Å². The Hall–Kier alpha value is -1.32. The second-order valence-corrected chi connectivity index (χ2v) is 6.53. The highest BCUT2D eigenvalue weighted by atomic mass is 16.4. The summed E-state index contributed by atoms with van der Waals surface area (Å²) in [6.07, 6.45) is 6.19. The number of allylic oxidation sites excluding steroid dienone is 2. The predicted molar refractivity (Wildman–Crippen MR) is 67.9 cm³/mol. The number of rotatable bonds is 3. The van der Waals surface area contributed by atoms with Crippen molar-refractivity contribution in [3.63, 3.8) is 0 Å². The van der Waals surface area contributed by atoms with Gasteiger partial charge in [-0.15, -0.1) is 0 Å². The van der Waals surface area contributed by atoms with Gasteiger partial charge in [0.15, 0.2) is 0 Å². The van der Waals surface area contributed by atoms with E-state index in [9.17, 15) is 14.7 Å². The van der Waals surface area contributed by atoms with E-state index in [2.05, 4.69) is 17.5 Å². The number of hydrogen-bond acceptors (Lipinski definition) is 2. The smallest absolute Gasteiger partial charge is 0.326 e. The quantitative estimate of drug-likeness (QED) is 0.752. The minimum atomic E-state index is -0.963. The van der Waals surface area contributed by atoms with Crippen LogP contribution < -0.4 is 5.32 Å². The third-order valence-corrected chi connectivity index (χ3v) is 4.02. The number of carbonyl (C=O) groups excluding carboxylic acids is 1. The molecular weight excluding hydrogens is 230 g/mol. The number of carboxylic acids is 1. The lowest BCUT2D eigenvalue weighted by atomic mass is 9.85. The maximum absolute atomic E-state index is 12.2. The van der Waals surface area contributed by atoms with Crippen molar-refractivity contribution in [3.05, 3.63) is 12.2 Å². The summed E-state index contributed by atoms with van der Waals surface area (Å²) in [6.45, 7) is 5.48. The largest absolute Gasteiger partial charge is 0.480 e. The molecule has 0 aromatic heterocycles. The molecule has 4 nitrogen and oxygen atoms in total. The number of carbonyl (C=O) groups is 2. The zero-order valence-corrected chi connectivity index (χ0v) is 11.1. The summed E-state index contributed by atoms with van der Waals surface area (Å²) in [7, 11) is 0. The summed E-state index contributed by atoms with van der Waals surface area (Å²) in [5.74, 6) is -0.277.